The van der Waals surface area contributed by atoms with Crippen LogP contribution in [0.3, 0.4) is 0 Å². The Bertz CT molecular complexity index is 1440. The number of nitrogens with zero attached hydrogens (tertiary/aromatic N) is 6. The summed E-state index contributed by atoms with van der Waals surface area (Å²) in [6, 6.07) is 8.05. The van der Waals surface area contributed by atoms with Gasteiger partial charge in [0.25, 0.3) is 0 Å². The summed E-state index contributed by atoms with van der Waals surface area (Å²) in [5, 5.41) is 23.8. The maximum absolute atomic E-state index is 12.7. The molecule has 14 nitrogen and oxygen atoms in total. The van der Waals surface area contributed by atoms with Crippen molar-refractivity contribution in [3.8, 4) is 0 Å². The summed E-state index contributed by atoms with van der Waals surface area (Å²) in [7, 11) is 1.30. The van der Waals surface area contributed by atoms with Gasteiger partial charge in [-0.2, -0.15) is 4.98 Å². The minimum absolute atomic E-state index is 0.00776. The van der Waals surface area contributed by atoms with E-state index in [1.54, 1.807) is 0 Å². The summed E-state index contributed by atoms with van der Waals surface area (Å²) in [6.07, 6.45) is 13.0. The van der Waals surface area contributed by atoms with Crippen LogP contribution in [0.1, 0.15) is 76.3 Å². The number of methoxy groups -OCH3 is 1. The number of para-hydroxylation sites is 1. The van der Waals surface area contributed by atoms with Crippen molar-refractivity contribution in [1.29, 1.82) is 0 Å². The third-order valence-corrected chi connectivity index (χ3v) is 9.29. The number of fused-ring (bicyclic) bond motifs is 1. The van der Waals surface area contributed by atoms with Crippen LogP contribution in [0.4, 0.5) is 11.8 Å². The van der Waals surface area contributed by atoms with Gasteiger partial charge in [0.1, 0.15) is 17.6 Å². The van der Waals surface area contributed by atoms with Crippen LogP contribution in [-0.4, -0.2) is 99.7 Å². The van der Waals surface area contributed by atoms with Crippen LogP contribution in [0.15, 0.2) is 30.5 Å². The second kappa shape index (κ2) is 18.6. The number of piperidine rings is 1. The number of hydrogen-bond donors (Lipinski definition) is 5. The Labute approximate surface area is 283 Å². The lowest BCUT2D eigenvalue weighted by Gasteiger charge is -2.33. The quantitative estimate of drug-likeness (QED) is 0.0995. The molecule has 14 heteroatoms. The maximum atomic E-state index is 12.7. The van der Waals surface area contributed by atoms with Crippen LogP contribution >= 0.6 is 0 Å². The minimum atomic E-state index is -0.778. The third kappa shape index (κ3) is 10.8. The van der Waals surface area contributed by atoms with E-state index in [2.05, 4.69) is 36.3 Å². The highest BCUT2D eigenvalue weighted by Crippen LogP contribution is 2.25. The van der Waals surface area contributed by atoms with Crippen molar-refractivity contribution >= 4 is 34.5 Å². The van der Waals surface area contributed by atoms with E-state index < -0.39 is 12.0 Å². The Morgan fingerprint density at radius 3 is 2.60 bits per heavy atom. The van der Waals surface area contributed by atoms with Crippen molar-refractivity contribution in [3.63, 3.8) is 0 Å². The summed E-state index contributed by atoms with van der Waals surface area (Å²) in [5.41, 5.74) is 7.46. The molecule has 1 unspecified atom stereocenters. The number of nitrogens with two attached hydrogens (primary N) is 1. The molecule has 6 N–H and O–H groups in total. The van der Waals surface area contributed by atoms with E-state index in [0.717, 1.165) is 80.3 Å². The first-order valence-corrected chi connectivity index (χ1v) is 17.7. The maximum Gasteiger partial charge on any atom is 0.322 e. The fourth-order valence-corrected chi connectivity index (χ4v) is 6.45. The first-order valence-electron chi connectivity index (χ1n) is 17.7. The third-order valence-electron chi connectivity index (χ3n) is 9.29. The molecule has 1 aliphatic carbocycles. The van der Waals surface area contributed by atoms with Crippen molar-refractivity contribution < 1.29 is 14.3 Å². The number of esters is 1. The van der Waals surface area contributed by atoms with Crippen molar-refractivity contribution in [3.05, 3.63) is 36.2 Å². The van der Waals surface area contributed by atoms with Crippen LogP contribution in [0.2, 0.25) is 0 Å². The Kier molecular flexibility index (Phi) is 13.7. The number of hydrogen-bond acceptors (Lipinski definition) is 12. The Morgan fingerprint density at radius 2 is 1.79 bits per heavy atom. The van der Waals surface area contributed by atoms with Crippen molar-refractivity contribution in [2.75, 3.05) is 50.5 Å². The smallest absolute Gasteiger partial charge is 0.322 e. The number of anilines is 2. The number of amides is 1. The standard InChI is InChI=1S/C34H53N11O3/c1-48-33(47)29(35)13-14-31(46)44-21-15-26(16-22-44)39-32-28-11-5-6-12-30(28)40-34(41-32)38-23-27-24-45(43-42-27)20-8-18-36-17-7-19-37-25-9-3-2-4-10-25/h5-6,11-12,24-26,29,36-37H,2-4,7-10,13-23,35H2,1H3,(H2,38,39,40,41). The van der Waals surface area contributed by atoms with E-state index in [1.807, 2.05) is 40.0 Å². The lowest BCUT2D eigenvalue weighted by molar-refractivity contribution is -0.142. The van der Waals surface area contributed by atoms with Crippen molar-refractivity contribution in [2.45, 2.75) is 102 Å². The first-order chi connectivity index (χ1) is 23.5. The van der Waals surface area contributed by atoms with Crippen LogP contribution in [0.25, 0.3) is 10.9 Å². The van der Waals surface area contributed by atoms with Gasteiger partial charge in [-0.15, -0.1) is 5.10 Å². The Balaban J connectivity index is 1.03. The number of aryl methyl sites for hydroxylation is 1. The fraction of sp³-hybridized carbons (Fsp3) is 0.647. The number of benzene rings is 1. The largest absolute Gasteiger partial charge is 0.468 e. The predicted molar refractivity (Wildman–Crippen MR) is 186 cm³/mol. The van der Waals surface area contributed by atoms with Crippen LogP contribution in [0, 0.1) is 0 Å². The SMILES string of the molecule is COC(=O)C(N)CCC(=O)N1CCC(Nc2nc(NCc3cn(CCCNCCCNC4CCCCC4)nn3)nc3ccccc23)CC1. The topological polar surface area (TPSA) is 177 Å². The fourth-order valence-electron chi connectivity index (χ4n) is 6.45. The number of likely N-dealkylation sites (tertiary alicyclic amines) is 1. The molecular weight excluding hydrogens is 610 g/mol. The molecule has 1 saturated carbocycles. The van der Waals surface area contributed by atoms with Gasteiger partial charge in [-0.1, -0.05) is 36.6 Å². The Hall–Kier alpha value is -3.88. The van der Waals surface area contributed by atoms with Crippen LogP contribution < -0.4 is 27.0 Å². The Morgan fingerprint density at radius 1 is 1.00 bits per heavy atom. The molecule has 5 rings (SSSR count). The van der Waals surface area contributed by atoms with E-state index in [0.29, 0.717) is 25.6 Å². The highest BCUT2D eigenvalue weighted by atomic mass is 16.5. The van der Waals surface area contributed by atoms with Gasteiger partial charge >= 0.3 is 5.97 Å². The van der Waals surface area contributed by atoms with E-state index >= 15 is 0 Å². The molecule has 1 saturated heterocycles. The number of ether oxygens (including phenoxy) is 1. The molecule has 2 aromatic heterocycles. The molecule has 2 aliphatic rings. The summed E-state index contributed by atoms with van der Waals surface area (Å²) < 4.78 is 6.55. The number of aromatic nitrogens is 5. The van der Waals surface area contributed by atoms with Gasteiger partial charge in [0, 0.05) is 43.5 Å². The van der Waals surface area contributed by atoms with Gasteiger partial charge in [-0.25, -0.2) is 4.98 Å². The lowest BCUT2D eigenvalue weighted by atomic mass is 9.95. The monoisotopic (exact) mass is 663 g/mol. The average molecular weight is 664 g/mol. The summed E-state index contributed by atoms with van der Waals surface area (Å²) >= 11 is 0. The number of nitrogens with one attached hydrogen (secondary N) is 4. The number of carbonyl (C=O) groups is 2. The second-order valence-electron chi connectivity index (χ2n) is 13.0. The van der Waals surface area contributed by atoms with E-state index in [-0.39, 0.29) is 24.8 Å². The molecule has 1 aromatic carbocycles. The molecule has 2 fully saturated rings. The number of carbonyl (C=O) groups excluding carboxylic acids is 2. The van der Waals surface area contributed by atoms with Crippen LogP contribution in [-0.2, 0) is 27.4 Å². The van der Waals surface area contributed by atoms with E-state index in [4.69, 9.17) is 15.7 Å². The van der Waals surface area contributed by atoms with Crippen molar-refractivity contribution in [1.82, 2.24) is 40.5 Å². The highest BCUT2D eigenvalue weighted by molar-refractivity contribution is 5.90. The molecule has 1 aliphatic heterocycles. The summed E-state index contributed by atoms with van der Waals surface area (Å²) in [6.45, 7) is 5.61. The van der Waals surface area contributed by atoms with Gasteiger partial charge in [-0.3, -0.25) is 14.3 Å². The molecule has 3 heterocycles. The van der Waals surface area contributed by atoms with Gasteiger partial charge in [0.15, 0.2) is 0 Å². The van der Waals surface area contributed by atoms with Gasteiger partial charge in [0.05, 0.1) is 25.4 Å². The highest BCUT2D eigenvalue weighted by Gasteiger charge is 2.25. The molecule has 0 bridgehead atoms. The zero-order valence-corrected chi connectivity index (χ0v) is 28.3. The van der Waals surface area contributed by atoms with Crippen LogP contribution in [0.5, 0.6) is 0 Å². The van der Waals surface area contributed by atoms with Crippen molar-refractivity contribution in [2.24, 2.45) is 5.73 Å². The van der Waals surface area contributed by atoms with Gasteiger partial charge in [-0.05, 0) is 76.7 Å². The van der Waals surface area contributed by atoms with Gasteiger partial charge < -0.3 is 36.6 Å². The zero-order chi connectivity index (χ0) is 33.6. The summed E-state index contributed by atoms with van der Waals surface area (Å²) in [4.78, 5) is 35.6. The number of rotatable bonds is 18. The second-order valence-corrected chi connectivity index (χ2v) is 13.0. The first kappa shape index (κ1) is 35.4. The predicted octanol–water partition coefficient (Wildman–Crippen LogP) is 2.81. The van der Waals surface area contributed by atoms with E-state index in [1.165, 1.54) is 39.2 Å². The minimum Gasteiger partial charge on any atom is -0.468 e. The molecule has 0 spiro atoms. The molecule has 1 atom stereocenters. The molecular formula is C34H53N11O3. The van der Waals surface area contributed by atoms with Gasteiger partial charge in [0.2, 0.25) is 11.9 Å². The average Bonchev–Trinajstić information content (AvgIpc) is 3.58. The summed E-state index contributed by atoms with van der Waals surface area (Å²) in [5.74, 6) is 0.791. The molecule has 262 valence electrons. The normalized spacial score (nSPS) is 16.6. The lowest BCUT2D eigenvalue weighted by Crippen LogP contribution is -2.43. The molecule has 1 amide bonds. The van der Waals surface area contributed by atoms with E-state index in [9.17, 15) is 9.59 Å². The molecule has 0 radical (unpaired) electrons. The zero-order valence-electron chi connectivity index (χ0n) is 28.3. The molecule has 48 heavy (non-hydrogen) atoms. The molecule has 3 aromatic rings.